The Balaban J connectivity index is 1.10. The Labute approximate surface area is 317 Å². The van der Waals surface area contributed by atoms with Crippen LogP contribution in [0, 0.1) is 0 Å². The molecule has 1 aliphatic rings. The van der Waals surface area contributed by atoms with E-state index in [4.69, 9.17) is 4.74 Å². The van der Waals surface area contributed by atoms with Gasteiger partial charge in [0.15, 0.2) is 0 Å². The third-order valence-electron chi connectivity index (χ3n) is 10.2. The van der Waals surface area contributed by atoms with Crippen molar-refractivity contribution in [1.82, 2.24) is 10.2 Å². The summed E-state index contributed by atoms with van der Waals surface area (Å²) in [5.74, 6) is -0.272. The molecule has 1 heterocycles. The monoisotopic (exact) mass is 729 g/mol. The van der Waals surface area contributed by atoms with Crippen molar-refractivity contribution in [3.8, 4) is 5.75 Å². The minimum atomic E-state index is -0.496. The van der Waals surface area contributed by atoms with E-state index < -0.39 is 5.97 Å². The van der Waals surface area contributed by atoms with E-state index in [-0.39, 0.29) is 18.4 Å². The van der Waals surface area contributed by atoms with Gasteiger partial charge in [0.1, 0.15) is 12.3 Å². The van der Waals surface area contributed by atoms with E-state index in [0.29, 0.717) is 29.5 Å². The second kappa shape index (κ2) is 23.9. The van der Waals surface area contributed by atoms with Crippen molar-refractivity contribution < 1.29 is 19.1 Å². The van der Waals surface area contributed by atoms with Gasteiger partial charge >= 0.3 is 5.97 Å². The SMILES string of the molecule is CCCCCCCCCCCCCCCC(=O)Nc1ccc(C(=O)NCC(=O)Oc2cccc3c2CCC(N(CCC)CCc2cccs2)C3)cc1. The number of ether oxygens (including phenoxy) is 1. The molecule has 0 bridgehead atoms. The van der Waals surface area contributed by atoms with Crippen molar-refractivity contribution >= 4 is 34.8 Å². The van der Waals surface area contributed by atoms with E-state index in [1.807, 2.05) is 23.5 Å². The zero-order valence-electron chi connectivity index (χ0n) is 31.9. The molecule has 8 heteroatoms. The van der Waals surface area contributed by atoms with Crippen molar-refractivity contribution in [2.75, 3.05) is 25.0 Å². The smallest absolute Gasteiger partial charge is 0.330 e. The lowest BCUT2D eigenvalue weighted by atomic mass is 9.86. The van der Waals surface area contributed by atoms with Crippen molar-refractivity contribution in [2.45, 2.75) is 142 Å². The van der Waals surface area contributed by atoms with Crippen molar-refractivity contribution in [3.63, 3.8) is 0 Å². The maximum absolute atomic E-state index is 12.8. The van der Waals surface area contributed by atoms with Gasteiger partial charge in [-0.15, -0.1) is 11.3 Å². The Bertz CT molecular complexity index is 1470. The fourth-order valence-electron chi connectivity index (χ4n) is 7.28. The van der Waals surface area contributed by atoms with Gasteiger partial charge in [-0.2, -0.15) is 0 Å². The highest BCUT2D eigenvalue weighted by atomic mass is 32.1. The molecule has 7 nitrogen and oxygen atoms in total. The van der Waals surface area contributed by atoms with Crippen molar-refractivity contribution in [3.05, 3.63) is 81.5 Å². The summed E-state index contributed by atoms with van der Waals surface area (Å²) in [5, 5.41) is 7.76. The highest BCUT2D eigenvalue weighted by molar-refractivity contribution is 7.09. The van der Waals surface area contributed by atoms with Crippen LogP contribution in [0.1, 0.15) is 143 Å². The molecule has 1 atom stereocenters. The summed E-state index contributed by atoms with van der Waals surface area (Å²) >= 11 is 1.82. The van der Waals surface area contributed by atoms with Crippen LogP contribution < -0.4 is 15.4 Å². The van der Waals surface area contributed by atoms with E-state index in [1.54, 1.807) is 24.3 Å². The first-order valence-electron chi connectivity index (χ1n) is 20.2. The number of esters is 1. The van der Waals surface area contributed by atoms with Gasteiger partial charge in [-0.1, -0.05) is 109 Å². The van der Waals surface area contributed by atoms with Gasteiger partial charge in [0.2, 0.25) is 5.91 Å². The number of anilines is 1. The maximum Gasteiger partial charge on any atom is 0.330 e. The number of rotatable bonds is 25. The first kappa shape index (κ1) is 41.3. The second-order valence-corrected chi connectivity index (χ2v) is 15.5. The topological polar surface area (TPSA) is 87.7 Å². The Morgan fingerprint density at radius 3 is 2.13 bits per heavy atom. The molecule has 4 rings (SSSR count). The fourth-order valence-corrected chi connectivity index (χ4v) is 7.98. The van der Waals surface area contributed by atoms with Crippen LogP contribution in [0.25, 0.3) is 0 Å². The number of unbranched alkanes of at least 4 members (excludes halogenated alkanes) is 12. The lowest BCUT2D eigenvalue weighted by Crippen LogP contribution is -2.41. The number of hydrogen-bond acceptors (Lipinski definition) is 6. The molecule has 0 radical (unpaired) electrons. The van der Waals surface area contributed by atoms with Crippen molar-refractivity contribution in [2.24, 2.45) is 0 Å². The molecule has 52 heavy (non-hydrogen) atoms. The average molecular weight is 730 g/mol. The predicted molar refractivity (Wildman–Crippen MR) is 215 cm³/mol. The normalized spacial score (nSPS) is 13.9. The molecule has 0 fully saturated rings. The van der Waals surface area contributed by atoms with Crippen molar-refractivity contribution in [1.29, 1.82) is 0 Å². The molecule has 284 valence electrons. The van der Waals surface area contributed by atoms with Gasteiger partial charge in [-0.25, -0.2) is 4.79 Å². The van der Waals surface area contributed by atoms with E-state index in [9.17, 15) is 14.4 Å². The molecule has 0 saturated carbocycles. The lowest BCUT2D eigenvalue weighted by molar-refractivity contribution is -0.133. The fraction of sp³-hybridized carbons (Fsp3) is 0.568. The number of benzene rings is 2. The molecule has 1 aliphatic carbocycles. The minimum absolute atomic E-state index is 0.00549. The Morgan fingerprint density at radius 2 is 1.48 bits per heavy atom. The molecule has 1 unspecified atom stereocenters. The molecule has 2 amide bonds. The van der Waals surface area contributed by atoms with Crippen LogP contribution in [0.2, 0.25) is 0 Å². The van der Waals surface area contributed by atoms with E-state index in [0.717, 1.165) is 63.6 Å². The zero-order chi connectivity index (χ0) is 36.8. The highest BCUT2D eigenvalue weighted by Gasteiger charge is 2.26. The molecule has 1 aromatic heterocycles. The van der Waals surface area contributed by atoms with Gasteiger partial charge in [-0.3, -0.25) is 14.5 Å². The third kappa shape index (κ3) is 14.9. The molecular formula is C44H63N3O4S. The van der Waals surface area contributed by atoms with Crippen LogP contribution in [0.5, 0.6) is 5.75 Å². The molecule has 2 N–H and O–H groups in total. The summed E-state index contributed by atoms with van der Waals surface area (Å²) in [6.07, 6.45) is 22.1. The Hall–Kier alpha value is -3.49. The zero-order valence-corrected chi connectivity index (χ0v) is 32.7. The lowest BCUT2D eigenvalue weighted by Gasteiger charge is -2.35. The van der Waals surface area contributed by atoms with Gasteiger partial charge in [0.05, 0.1) is 0 Å². The number of nitrogens with zero attached hydrogens (tertiary/aromatic N) is 1. The number of amides is 2. The largest absolute Gasteiger partial charge is 0.425 e. The first-order chi connectivity index (χ1) is 25.5. The van der Waals surface area contributed by atoms with Gasteiger partial charge in [0.25, 0.3) is 5.91 Å². The summed E-state index contributed by atoms with van der Waals surface area (Å²) in [7, 11) is 0. The number of nitrogens with one attached hydrogen (secondary N) is 2. The highest BCUT2D eigenvalue weighted by Crippen LogP contribution is 2.32. The second-order valence-electron chi connectivity index (χ2n) is 14.4. The standard InChI is InChI=1S/C44H63N3O4S/c1-3-5-6-7-8-9-10-11-12-13-14-15-16-22-42(48)46-37-25-23-35(24-26-37)44(50)45-34-43(49)51-41-21-17-19-36-33-38(27-28-40(36)41)47(30-4-2)31-29-39-20-18-32-52-39/h17-21,23-26,32,38H,3-16,22,27-31,33-34H2,1-2H3,(H,45,50)(H,46,48). The van der Waals surface area contributed by atoms with E-state index in [1.165, 1.54) is 81.1 Å². The van der Waals surface area contributed by atoms with E-state index >= 15 is 0 Å². The third-order valence-corrected chi connectivity index (χ3v) is 11.2. The first-order valence-corrected chi connectivity index (χ1v) is 21.1. The Morgan fingerprint density at radius 1 is 0.788 bits per heavy atom. The van der Waals surface area contributed by atoms with Crippen LogP contribution in [0.3, 0.4) is 0 Å². The van der Waals surface area contributed by atoms with Gasteiger partial charge < -0.3 is 15.4 Å². The van der Waals surface area contributed by atoms with Crippen LogP contribution in [0.15, 0.2) is 60.0 Å². The summed E-state index contributed by atoms with van der Waals surface area (Å²) in [6, 6.07) is 17.5. The molecule has 2 aromatic carbocycles. The van der Waals surface area contributed by atoms with Crippen LogP contribution in [0.4, 0.5) is 5.69 Å². The number of thiophene rings is 1. The molecule has 0 spiro atoms. The van der Waals surface area contributed by atoms with Gasteiger partial charge in [-0.05, 0) is 98.0 Å². The molecular weight excluding hydrogens is 667 g/mol. The van der Waals surface area contributed by atoms with Gasteiger partial charge in [0, 0.05) is 35.1 Å². The predicted octanol–water partition coefficient (Wildman–Crippen LogP) is 10.3. The number of carbonyl (C=O) groups is 3. The van der Waals surface area contributed by atoms with E-state index in [2.05, 4.69) is 53.0 Å². The summed E-state index contributed by atoms with van der Waals surface area (Å²) in [6.45, 7) is 6.41. The number of carbonyl (C=O) groups excluding carboxylic acids is 3. The Kier molecular flexibility index (Phi) is 19.0. The average Bonchev–Trinajstić information content (AvgIpc) is 3.68. The summed E-state index contributed by atoms with van der Waals surface area (Å²) < 4.78 is 5.78. The molecule has 0 saturated heterocycles. The van der Waals surface area contributed by atoms with Crippen LogP contribution in [-0.2, 0) is 28.9 Å². The number of hydrogen-bond donors (Lipinski definition) is 2. The maximum atomic E-state index is 12.8. The molecule has 3 aromatic rings. The summed E-state index contributed by atoms with van der Waals surface area (Å²) in [4.78, 5) is 42.1. The van der Waals surface area contributed by atoms with Crippen LogP contribution >= 0.6 is 11.3 Å². The summed E-state index contributed by atoms with van der Waals surface area (Å²) in [5.41, 5.74) is 3.41. The molecule has 0 aliphatic heterocycles. The number of fused-ring (bicyclic) bond motifs is 1. The minimum Gasteiger partial charge on any atom is -0.425 e. The quantitative estimate of drug-likeness (QED) is 0.0515. The van der Waals surface area contributed by atoms with Crippen LogP contribution in [-0.4, -0.2) is 48.4 Å².